The normalized spacial score (nSPS) is 12.6. The van der Waals surface area contributed by atoms with Crippen molar-refractivity contribution < 1.29 is 23.1 Å². The zero-order chi connectivity index (χ0) is 17.5. The van der Waals surface area contributed by atoms with Crippen LogP contribution in [0.4, 0.5) is 0 Å². The summed E-state index contributed by atoms with van der Waals surface area (Å²) in [4.78, 5) is 22.5. The molecular formula is C15H22N2O5S. The van der Waals surface area contributed by atoms with Crippen LogP contribution in [-0.2, 0) is 20.6 Å². The summed E-state index contributed by atoms with van der Waals surface area (Å²) < 4.78 is 26.4. The fraction of sp³-hybridized carbons (Fsp3) is 0.467. The smallest absolute Gasteiger partial charge is 0.321 e. The maximum Gasteiger partial charge on any atom is 0.321 e. The van der Waals surface area contributed by atoms with Crippen LogP contribution in [-0.4, -0.2) is 38.5 Å². The van der Waals surface area contributed by atoms with E-state index in [0.29, 0.717) is 17.5 Å². The summed E-state index contributed by atoms with van der Waals surface area (Å²) in [5.74, 6) is -1.78. The van der Waals surface area contributed by atoms with Gasteiger partial charge in [-0.15, -0.1) is 0 Å². The largest absolute Gasteiger partial charge is 0.480 e. The van der Waals surface area contributed by atoms with Crippen LogP contribution in [0.3, 0.4) is 0 Å². The van der Waals surface area contributed by atoms with Crippen molar-refractivity contribution in [3.8, 4) is 0 Å². The number of carboxylic acid groups (broad SMARTS) is 1. The van der Waals surface area contributed by atoms with Crippen molar-refractivity contribution in [1.82, 2.24) is 10.0 Å². The molecule has 0 unspecified atom stereocenters. The van der Waals surface area contributed by atoms with Crippen molar-refractivity contribution in [2.24, 2.45) is 0 Å². The Morgan fingerprint density at radius 2 is 1.83 bits per heavy atom. The van der Waals surface area contributed by atoms with Crippen molar-refractivity contribution in [3.05, 3.63) is 35.4 Å². The van der Waals surface area contributed by atoms with Gasteiger partial charge in [0.2, 0.25) is 10.0 Å². The van der Waals surface area contributed by atoms with E-state index in [0.717, 1.165) is 6.42 Å². The topological polar surface area (TPSA) is 113 Å². The monoisotopic (exact) mass is 342 g/mol. The van der Waals surface area contributed by atoms with E-state index in [1.165, 1.54) is 31.3 Å². The van der Waals surface area contributed by atoms with Crippen LogP contribution in [0.15, 0.2) is 24.3 Å². The maximum absolute atomic E-state index is 12.1. The molecule has 0 radical (unpaired) electrons. The Hall–Kier alpha value is -1.93. The predicted molar refractivity (Wildman–Crippen MR) is 86.5 cm³/mol. The lowest BCUT2D eigenvalue weighted by Gasteiger charge is -2.14. The number of hydrogen-bond acceptors (Lipinski definition) is 4. The molecule has 1 atom stereocenters. The number of rotatable bonds is 9. The highest BCUT2D eigenvalue weighted by atomic mass is 32.2. The molecular weight excluding hydrogens is 320 g/mol. The summed E-state index contributed by atoms with van der Waals surface area (Å²) in [6.45, 7) is 1.90. The molecule has 0 aliphatic carbocycles. The van der Waals surface area contributed by atoms with E-state index in [2.05, 4.69) is 10.0 Å². The summed E-state index contributed by atoms with van der Waals surface area (Å²) in [5, 5.41) is 11.6. The standard InChI is InChI=1S/C15H22N2O5S/c1-3-4-5-13(15(19)20)17-23(21,22)10-11-6-8-12(9-7-11)14(18)16-2/h6-9,13,17H,3-5,10H2,1-2H3,(H,16,18)(H,19,20)/t13-/m0/s1. The van der Waals surface area contributed by atoms with Gasteiger partial charge in [0.1, 0.15) is 6.04 Å². The van der Waals surface area contributed by atoms with Gasteiger partial charge in [-0.25, -0.2) is 13.1 Å². The number of carboxylic acids is 1. The third-order valence-corrected chi connectivity index (χ3v) is 4.62. The van der Waals surface area contributed by atoms with Crippen LogP contribution in [0.2, 0.25) is 0 Å². The lowest BCUT2D eigenvalue weighted by atomic mass is 10.1. The summed E-state index contributed by atoms with van der Waals surface area (Å²) in [5.41, 5.74) is 0.901. The number of hydrogen-bond donors (Lipinski definition) is 3. The van der Waals surface area contributed by atoms with Crippen molar-refractivity contribution >= 4 is 21.9 Å². The van der Waals surface area contributed by atoms with Gasteiger partial charge in [0.05, 0.1) is 5.75 Å². The van der Waals surface area contributed by atoms with Crippen molar-refractivity contribution in [1.29, 1.82) is 0 Å². The van der Waals surface area contributed by atoms with E-state index >= 15 is 0 Å². The average Bonchev–Trinajstić information content (AvgIpc) is 2.50. The number of nitrogens with one attached hydrogen (secondary N) is 2. The zero-order valence-electron chi connectivity index (χ0n) is 13.2. The third kappa shape index (κ3) is 6.37. The van der Waals surface area contributed by atoms with Crippen LogP contribution in [0.25, 0.3) is 0 Å². The van der Waals surface area contributed by atoms with Gasteiger partial charge in [0.15, 0.2) is 0 Å². The number of amides is 1. The number of sulfonamides is 1. The summed E-state index contributed by atoms with van der Waals surface area (Å²) in [6, 6.07) is 4.99. The minimum atomic E-state index is -3.78. The summed E-state index contributed by atoms with van der Waals surface area (Å²) in [7, 11) is -2.27. The Balaban J connectivity index is 2.77. The SMILES string of the molecule is CCCC[C@H](NS(=O)(=O)Cc1ccc(C(=O)NC)cc1)C(=O)O. The summed E-state index contributed by atoms with van der Waals surface area (Å²) >= 11 is 0. The average molecular weight is 342 g/mol. The zero-order valence-corrected chi connectivity index (χ0v) is 14.0. The number of carbonyl (C=O) groups is 2. The van der Waals surface area contributed by atoms with E-state index in [-0.39, 0.29) is 18.1 Å². The van der Waals surface area contributed by atoms with Gasteiger partial charge in [-0.1, -0.05) is 31.9 Å². The minimum Gasteiger partial charge on any atom is -0.480 e. The third-order valence-electron chi connectivity index (χ3n) is 3.27. The van der Waals surface area contributed by atoms with E-state index < -0.39 is 22.0 Å². The van der Waals surface area contributed by atoms with Gasteiger partial charge in [0, 0.05) is 12.6 Å². The fourth-order valence-electron chi connectivity index (χ4n) is 2.02. The molecule has 1 rings (SSSR count). The molecule has 1 aromatic rings. The van der Waals surface area contributed by atoms with Crippen molar-refractivity contribution in [3.63, 3.8) is 0 Å². The number of unbranched alkanes of at least 4 members (excludes halogenated alkanes) is 1. The molecule has 0 bridgehead atoms. The van der Waals surface area contributed by atoms with Crippen LogP contribution in [0.5, 0.6) is 0 Å². The van der Waals surface area contributed by atoms with Crippen LogP contribution < -0.4 is 10.0 Å². The van der Waals surface area contributed by atoms with Crippen molar-refractivity contribution in [2.45, 2.75) is 38.0 Å². The molecule has 0 aromatic heterocycles. The number of carbonyl (C=O) groups excluding carboxylic acids is 1. The lowest BCUT2D eigenvalue weighted by molar-refractivity contribution is -0.139. The second-order valence-electron chi connectivity index (χ2n) is 5.19. The highest BCUT2D eigenvalue weighted by molar-refractivity contribution is 7.88. The quantitative estimate of drug-likeness (QED) is 0.622. The number of benzene rings is 1. The van der Waals surface area contributed by atoms with Gasteiger partial charge >= 0.3 is 5.97 Å². The first kappa shape index (κ1) is 19.1. The first-order chi connectivity index (χ1) is 10.8. The molecule has 1 aromatic carbocycles. The molecule has 23 heavy (non-hydrogen) atoms. The Kier molecular flexibility index (Phi) is 7.18. The Morgan fingerprint density at radius 3 is 2.30 bits per heavy atom. The van der Waals surface area contributed by atoms with E-state index in [4.69, 9.17) is 5.11 Å². The highest BCUT2D eigenvalue weighted by Crippen LogP contribution is 2.10. The molecule has 0 fully saturated rings. The molecule has 7 nitrogen and oxygen atoms in total. The number of aliphatic carboxylic acids is 1. The maximum atomic E-state index is 12.1. The molecule has 0 aliphatic rings. The van der Waals surface area contributed by atoms with Gasteiger partial charge < -0.3 is 10.4 Å². The first-order valence-corrected chi connectivity index (χ1v) is 8.98. The lowest BCUT2D eigenvalue weighted by Crippen LogP contribution is -2.41. The molecule has 0 saturated heterocycles. The van der Waals surface area contributed by atoms with E-state index in [1.54, 1.807) is 0 Å². The van der Waals surface area contributed by atoms with Gasteiger partial charge in [-0.2, -0.15) is 0 Å². The molecule has 0 spiro atoms. The highest BCUT2D eigenvalue weighted by Gasteiger charge is 2.23. The minimum absolute atomic E-state index is 0.251. The summed E-state index contributed by atoms with van der Waals surface area (Å²) in [6.07, 6.45) is 1.66. The van der Waals surface area contributed by atoms with Crippen molar-refractivity contribution in [2.75, 3.05) is 7.05 Å². The van der Waals surface area contributed by atoms with Gasteiger partial charge in [-0.3, -0.25) is 9.59 Å². The van der Waals surface area contributed by atoms with E-state index in [9.17, 15) is 18.0 Å². The fourth-order valence-corrected chi connectivity index (χ4v) is 3.38. The Bertz CT molecular complexity index is 640. The van der Waals surface area contributed by atoms with Crippen LogP contribution >= 0.6 is 0 Å². The second-order valence-corrected chi connectivity index (χ2v) is 6.94. The molecule has 0 saturated carbocycles. The van der Waals surface area contributed by atoms with Gasteiger partial charge in [0.25, 0.3) is 5.91 Å². The molecule has 128 valence electrons. The van der Waals surface area contributed by atoms with Gasteiger partial charge in [-0.05, 0) is 24.1 Å². The first-order valence-electron chi connectivity index (χ1n) is 7.33. The Labute approximate surface area is 136 Å². The molecule has 3 N–H and O–H groups in total. The van der Waals surface area contributed by atoms with Crippen LogP contribution in [0, 0.1) is 0 Å². The van der Waals surface area contributed by atoms with E-state index in [1.807, 2.05) is 6.92 Å². The van der Waals surface area contributed by atoms with Crippen LogP contribution in [0.1, 0.15) is 42.1 Å². The Morgan fingerprint density at radius 1 is 1.22 bits per heavy atom. The predicted octanol–water partition coefficient (Wildman–Crippen LogP) is 1.11. The molecule has 1 amide bonds. The molecule has 0 heterocycles. The molecule has 0 aliphatic heterocycles. The second kappa shape index (κ2) is 8.64. The molecule has 8 heteroatoms.